The second kappa shape index (κ2) is 10.6. The zero-order valence-corrected chi connectivity index (χ0v) is 17.0. The number of rotatable bonds is 8. The smallest absolute Gasteiger partial charge is 0.191 e. The molecule has 0 aromatic rings. The van der Waals surface area contributed by atoms with E-state index in [-0.39, 0.29) is 24.0 Å². The van der Waals surface area contributed by atoms with Gasteiger partial charge in [0.1, 0.15) is 0 Å². The van der Waals surface area contributed by atoms with Gasteiger partial charge in [-0.05, 0) is 53.4 Å². The molecule has 1 aliphatic rings. The van der Waals surface area contributed by atoms with E-state index in [0.717, 1.165) is 37.9 Å². The van der Waals surface area contributed by atoms with Crippen LogP contribution in [0.4, 0.5) is 0 Å². The molecule has 2 atom stereocenters. The van der Waals surface area contributed by atoms with Crippen LogP contribution < -0.4 is 10.6 Å². The van der Waals surface area contributed by atoms with Gasteiger partial charge < -0.3 is 10.6 Å². The Kier molecular flexibility index (Phi) is 10.6. The van der Waals surface area contributed by atoms with E-state index < -0.39 is 0 Å². The van der Waals surface area contributed by atoms with Crippen LogP contribution >= 0.6 is 24.0 Å². The van der Waals surface area contributed by atoms with Gasteiger partial charge in [-0.2, -0.15) is 0 Å². The molecule has 0 radical (unpaired) electrons. The molecule has 1 saturated carbocycles. The van der Waals surface area contributed by atoms with Gasteiger partial charge in [0.25, 0.3) is 0 Å². The third-order valence-corrected chi connectivity index (χ3v) is 3.95. The monoisotopic (exact) mass is 410 g/mol. The van der Waals surface area contributed by atoms with Crippen molar-refractivity contribution in [2.75, 3.05) is 19.6 Å². The third kappa shape index (κ3) is 8.24. The minimum absolute atomic E-state index is 0. The van der Waals surface area contributed by atoms with Crippen molar-refractivity contribution in [3.8, 4) is 0 Å². The lowest BCUT2D eigenvalue weighted by Crippen LogP contribution is -2.40. The van der Waals surface area contributed by atoms with E-state index in [4.69, 9.17) is 0 Å². The van der Waals surface area contributed by atoms with Gasteiger partial charge in [-0.3, -0.25) is 9.89 Å². The summed E-state index contributed by atoms with van der Waals surface area (Å²) >= 11 is 0. The molecule has 0 amide bonds. The van der Waals surface area contributed by atoms with Crippen LogP contribution in [-0.4, -0.2) is 48.6 Å². The molecule has 2 N–H and O–H groups in total. The number of hydrogen-bond acceptors (Lipinski definition) is 2. The summed E-state index contributed by atoms with van der Waals surface area (Å²) in [4.78, 5) is 7.21. The van der Waals surface area contributed by atoms with Gasteiger partial charge in [0, 0.05) is 37.8 Å². The maximum atomic E-state index is 4.69. The van der Waals surface area contributed by atoms with Crippen molar-refractivity contribution in [2.45, 2.75) is 72.5 Å². The fourth-order valence-corrected chi connectivity index (χ4v) is 2.58. The molecule has 0 spiro atoms. The number of aliphatic imine (C=N–C) groups is 1. The number of nitrogens with one attached hydrogen (secondary N) is 2. The van der Waals surface area contributed by atoms with Crippen LogP contribution in [-0.2, 0) is 0 Å². The molecule has 0 aromatic heterocycles. The first-order chi connectivity index (χ1) is 9.45. The van der Waals surface area contributed by atoms with Crippen molar-refractivity contribution in [3.63, 3.8) is 0 Å². The predicted octanol–water partition coefficient (Wildman–Crippen LogP) is 3.08. The fraction of sp³-hybridized carbons (Fsp3) is 0.938. The average molecular weight is 410 g/mol. The highest BCUT2D eigenvalue weighted by Crippen LogP contribution is 2.28. The topological polar surface area (TPSA) is 39.7 Å². The van der Waals surface area contributed by atoms with Crippen molar-refractivity contribution in [1.82, 2.24) is 15.5 Å². The Bertz CT molecular complexity index is 297. The van der Waals surface area contributed by atoms with Crippen molar-refractivity contribution in [3.05, 3.63) is 0 Å². The molecule has 21 heavy (non-hydrogen) atoms. The molecule has 1 aliphatic carbocycles. The standard InChI is InChI=1S/C16H34N4.HI/c1-7-17-16(19-15-11-14(15)6)18-9-8-10-20(12(2)3)13(4)5;/h12-15H,7-11H2,1-6H3,(H2,17,18,19);1H. The van der Waals surface area contributed by atoms with E-state index in [2.05, 4.69) is 62.1 Å². The zero-order chi connectivity index (χ0) is 15.1. The van der Waals surface area contributed by atoms with E-state index >= 15 is 0 Å². The van der Waals surface area contributed by atoms with Gasteiger partial charge in [-0.25, -0.2) is 0 Å². The second-order valence-electron chi connectivity index (χ2n) is 6.50. The summed E-state index contributed by atoms with van der Waals surface area (Å²) < 4.78 is 0. The van der Waals surface area contributed by atoms with Crippen LogP contribution in [0.5, 0.6) is 0 Å². The minimum atomic E-state index is 0. The molecular weight excluding hydrogens is 375 g/mol. The van der Waals surface area contributed by atoms with E-state index in [9.17, 15) is 0 Å². The summed E-state index contributed by atoms with van der Waals surface area (Å²) in [6, 6.07) is 1.85. The van der Waals surface area contributed by atoms with Crippen LogP contribution in [0.15, 0.2) is 4.99 Å². The number of halogens is 1. The van der Waals surface area contributed by atoms with E-state index in [1.165, 1.54) is 6.42 Å². The van der Waals surface area contributed by atoms with Crippen LogP contribution in [0.25, 0.3) is 0 Å². The summed E-state index contributed by atoms with van der Waals surface area (Å²) in [6.07, 6.45) is 2.39. The molecule has 2 unspecified atom stereocenters. The molecule has 126 valence electrons. The normalized spacial score (nSPS) is 21.7. The molecule has 0 saturated heterocycles. The van der Waals surface area contributed by atoms with Crippen LogP contribution in [0.1, 0.15) is 54.4 Å². The molecule has 0 aromatic carbocycles. The second-order valence-corrected chi connectivity index (χ2v) is 6.50. The Hall–Kier alpha value is -0.0400. The summed E-state index contributed by atoms with van der Waals surface area (Å²) in [7, 11) is 0. The van der Waals surface area contributed by atoms with Crippen LogP contribution in [0.3, 0.4) is 0 Å². The van der Waals surface area contributed by atoms with Crippen LogP contribution in [0, 0.1) is 5.92 Å². The molecule has 4 nitrogen and oxygen atoms in total. The van der Waals surface area contributed by atoms with Gasteiger partial charge in [0.2, 0.25) is 0 Å². The highest BCUT2D eigenvalue weighted by molar-refractivity contribution is 14.0. The Morgan fingerprint density at radius 3 is 2.24 bits per heavy atom. The predicted molar refractivity (Wildman–Crippen MR) is 104 cm³/mol. The zero-order valence-electron chi connectivity index (χ0n) is 14.6. The Morgan fingerprint density at radius 2 is 1.81 bits per heavy atom. The number of hydrogen-bond donors (Lipinski definition) is 2. The van der Waals surface area contributed by atoms with Crippen molar-refractivity contribution >= 4 is 29.9 Å². The maximum Gasteiger partial charge on any atom is 0.191 e. The molecule has 0 bridgehead atoms. The van der Waals surface area contributed by atoms with E-state index in [1.807, 2.05) is 0 Å². The molecule has 1 rings (SSSR count). The first kappa shape index (κ1) is 21.0. The Balaban J connectivity index is 0.00000400. The number of guanidine groups is 1. The van der Waals surface area contributed by atoms with Gasteiger partial charge in [0.15, 0.2) is 5.96 Å². The Labute approximate surface area is 148 Å². The highest BCUT2D eigenvalue weighted by atomic mass is 127. The first-order valence-electron chi connectivity index (χ1n) is 8.26. The van der Waals surface area contributed by atoms with Gasteiger partial charge in [-0.15, -0.1) is 24.0 Å². The molecule has 0 aliphatic heterocycles. The quantitative estimate of drug-likeness (QED) is 0.280. The molecule has 0 heterocycles. The van der Waals surface area contributed by atoms with Crippen molar-refractivity contribution in [1.29, 1.82) is 0 Å². The van der Waals surface area contributed by atoms with Gasteiger partial charge in [-0.1, -0.05) is 6.92 Å². The number of nitrogens with zero attached hydrogens (tertiary/aromatic N) is 2. The van der Waals surface area contributed by atoms with Gasteiger partial charge >= 0.3 is 0 Å². The molecular formula is C16H35IN4. The summed E-state index contributed by atoms with van der Waals surface area (Å²) in [5, 5.41) is 6.83. The largest absolute Gasteiger partial charge is 0.357 e. The molecule has 1 fully saturated rings. The Morgan fingerprint density at radius 1 is 1.24 bits per heavy atom. The summed E-state index contributed by atoms with van der Waals surface area (Å²) in [6.45, 7) is 16.4. The lowest BCUT2D eigenvalue weighted by atomic mass is 10.2. The van der Waals surface area contributed by atoms with Gasteiger partial charge in [0.05, 0.1) is 0 Å². The van der Waals surface area contributed by atoms with E-state index in [1.54, 1.807) is 0 Å². The lowest BCUT2D eigenvalue weighted by molar-refractivity contribution is 0.174. The third-order valence-electron chi connectivity index (χ3n) is 3.95. The fourth-order valence-electron chi connectivity index (χ4n) is 2.58. The maximum absolute atomic E-state index is 4.69. The minimum Gasteiger partial charge on any atom is -0.357 e. The van der Waals surface area contributed by atoms with E-state index in [0.29, 0.717) is 18.1 Å². The van der Waals surface area contributed by atoms with Crippen molar-refractivity contribution < 1.29 is 0 Å². The van der Waals surface area contributed by atoms with Crippen molar-refractivity contribution in [2.24, 2.45) is 10.9 Å². The lowest BCUT2D eigenvalue weighted by Gasteiger charge is -2.30. The SMILES string of the molecule is CCNC(=NCCCN(C(C)C)C(C)C)NC1CC1C.I. The average Bonchev–Trinajstić information content (AvgIpc) is 3.03. The summed E-state index contributed by atoms with van der Waals surface area (Å²) in [5.74, 6) is 1.79. The first-order valence-corrected chi connectivity index (χ1v) is 8.26. The molecule has 5 heteroatoms. The highest BCUT2D eigenvalue weighted by Gasteiger charge is 2.33. The van der Waals surface area contributed by atoms with Crippen LogP contribution in [0.2, 0.25) is 0 Å². The summed E-state index contributed by atoms with van der Waals surface area (Å²) in [5.41, 5.74) is 0.